The van der Waals surface area contributed by atoms with Gasteiger partial charge in [0.2, 0.25) is 0 Å². The van der Waals surface area contributed by atoms with Crippen LogP contribution < -0.4 is 10.6 Å². The fraction of sp³-hybridized carbons (Fsp3) is 0.294. The largest absolute Gasteiger partial charge is 0.398 e. The minimum Gasteiger partial charge on any atom is -0.398 e. The molecule has 0 heterocycles. The molecule has 7 nitrogen and oxygen atoms in total. The van der Waals surface area contributed by atoms with Crippen LogP contribution in [-0.4, -0.2) is 41.4 Å². The molecule has 4 N–H and O–H groups in total. The van der Waals surface area contributed by atoms with Gasteiger partial charge in [-0.05, 0) is 30.7 Å². The molecule has 2 aromatic rings. The van der Waals surface area contributed by atoms with Crippen LogP contribution in [0.5, 0.6) is 0 Å². The minimum absolute atomic E-state index is 0.0416. The van der Waals surface area contributed by atoms with E-state index in [1.807, 2.05) is 11.0 Å². The molecule has 0 unspecified atom stereocenters. The quantitative estimate of drug-likeness (QED) is 0.406. The predicted octanol–water partition coefficient (Wildman–Crippen LogP) is 1.94. The molecular weight excluding hydrogens is 310 g/mol. The van der Waals surface area contributed by atoms with Crippen molar-refractivity contribution in [3.8, 4) is 11.1 Å². The van der Waals surface area contributed by atoms with E-state index >= 15 is 0 Å². The van der Waals surface area contributed by atoms with E-state index in [0.717, 1.165) is 5.69 Å². The van der Waals surface area contributed by atoms with Crippen molar-refractivity contribution in [1.82, 2.24) is 0 Å². The van der Waals surface area contributed by atoms with E-state index in [2.05, 4.69) is 0 Å². The lowest BCUT2D eigenvalue weighted by atomic mass is 10.0. The lowest BCUT2D eigenvalue weighted by Gasteiger charge is -2.24. The summed E-state index contributed by atoms with van der Waals surface area (Å²) in [6, 6.07) is 10.3. The second-order valence-electron chi connectivity index (χ2n) is 5.46. The Morgan fingerprint density at radius 3 is 2.38 bits per heavy atom. The summed E-state index contributed by atoms with van der Waals surface area (Å²) in [5.41, 5.74) is 9.29. The summed E-state index contributed by atoms with van der Waals surface area (Å²) >= 11 is 0. The van der Waals surface area contributed by atoms with Crippen LogP contribution in [0.4, 0.5) is 17.1 Å². The van der Waals surface area contributed by atoms with Gasteiger partial charge in [-0.25, -0.2) is 0 Å². The van der Waals surface area contributed by atoms with Crippen LogP contribution in [0.15, 0.2) is 36.4 Å². The number of aryl methyl sites for hydroxylation is 1. The topological polar surface area (TPSA) is 113 Å². The van der Waals surface area contributed by atoms with Gasteiger partial charge in [0.1, 0.15) is 0 Å². The third-order valence-electron chi connectivity index (χ3n) is 3.86. The Hall–Kier alpha value is -2.64. The number of nitro groups is 1. The fourth-order valence-corrected chi connectivity index (χ4v) is 2.58. The highest BCUT2D eigenvalue weighted by Crippen LogP contribution is 2.33. The molecule has 0 amide bonds. The van der Waals surface area contributed by atoms with Crippen LogP contribution >= 0.6 is 0 Å². The fourth-order valence-electron chi connectivity index (χ4n) is 2.58. The number of nitrogens with two attached hydrogens (primary N) is 1. The maximum atomic E-state index is 11.1. The molecule has 0 saturated heterocycles. The van der Waals surface area contributed by atoms with E-state index in [4.69, 9.17) is 5.73 Å². The maximum absolute atomic E-state index is 11.1. The standard InChI is InChI=1S/C17H21N3O4/c1-12-2-3-13(10-17(12)20(23)24)15-11-14(4-5-16(15)18)19(6-8-21)7-9-22/h2-5,10-11,21-22H,6-9,18H2,1H3. The van der Waals surface area contributed by atoms with E-state index in [1.54, 1.807) is 31.2 Å². The van der Waals surface area contributed by atoms with Gasteiger partial charge >= 0.3 is 0 Å². The first-order valence-electron chi connectivity index (χ1n) is 7.59. The first kappa shape index (κ1) is 17.7. The molecule has 0 aromatic heterocycles. The number of aliphatic hydroxyl groups is 2. The average Bonchev–Trinajstić information content (AvgIpc) is 2.55. The van der Waals surface area contributed by atoms with Crippen LogP contribution in [0.25, 0.3) is 11.1 Å². The van der Waals surface area contributed by atoms with Crippen molar-refractivity contribution in [3.05, 3.63) is 52.1 Å². The number of nitrogens with zero attached hydrogens (tertiary/aromatic N) is 2. The molecule has 0 spiro atoms. The van der Waals surface area contributed by atoms with Crippen LogP contribution in [0.2, 0.25) is 0 Å². The van der Waals surface area contributed by atoms with E-state index in [9.17, 15) is 20.3 Å². The molecule has 0 aliphatic carbocycles. The summed E-state index contributed by atoms with van der Waals surface area (Å²) in [5, 5.41) is 29.5. The van der Waals surface area contributed by atoms with Gasteiger partial charge in [0, 0.05) is 41.7 Å². The SMILES string of the molecule is Cc1ccc(-c2cc(N(CCO)CCO)ccc2N)cc1[N+](=O)[O-]. The molecule has 128 valence electrons. The van der Waals surface area contributed by atoms with Crippen LogP contribution in [-0.2, 0) is 0 Å². The van der Waals surface area contributed by atoms with E-state index < -0.39 is 4.92 Å². The number of hydrogen-bond donors (Lipinski definition) is 3. The van der Waals surface area contributed by atoms with Crippen molar-refractivity contribution in [2.24, 2.45) is 0 Å². The van der Waals surface area contributed by atoms with E-state index in [1.165, 1.54) is 6.07 Å². The summed E-state index contributed by atoms with van der Waals surface area (Å²) in [4.78, 5) is 12.6. The monoisotopic (exact) mass is 331 g/mol. The van der Waals surface area contributed by atoms with Crippen LogP contribution in [0, 0.1) is 17.0 Å². The highest BCUT2D eigenvalue weighted by Gasteiger charge is 2.15. The molecule has 0 bridgehead atoms. The number of rotatable bonds is 7. The zero-order chi connectivity index (χ0) is 17.7. The molecule has 0 aliphatic rings. The third kappa shape index (κ3) is 3.81. The molecule has 0 atom stereocenters. The van der Waals surface area contributed by atoms with Crippen LogP contribution in [0.3, 0.4) is 0 Å². The highest BCUT2D eigenvalue weighted by atomic mass is 16.6. The lowest BCUT2D eigenvalue weighted by Crippen LogP contribution is -2.29. The van der Waals surface area contributed by atoms with Crippen molar-refractivity contribution in [1.29, 1.82) is 0 Å². The number of nitro benzene ring substituents is 1. The van der Waals surface area contributed by atoms with E-state index in [0.29, 0.717) is 35.5 Å². The Morgan fingerprint density at radius 2 is 1.79 bits per heavy atom. The zero-order valence-corrected chi connectivity index (χ0v) is 13.5. The van der Waals surface area contributed by atoms with Gasteiger partial charge in [-0.15, -0.1) is 0 Å². The minimum atomic E-state index is -0.414. The van der Waals surface area contributed by atoms with Crippen molar-refractivity contribution < 1.29 is 15.1 Å². The number of hydrogen-bond acceptors (Lipinski definition) is 6. The Labute approximate surface area is 140 Å². The number of anilines is 2. The van der Waals surface area contributed by atoms with Crippen LogP contribution in [0.1, 0.15) is 5.56 Å². The summed E-state index contributed by atoms with van der Waals surface area (Å²) in [6.07, 6.45) is 0. The molecule has 7 heteroatoms. The average molecular weight is 331 g/mol. The Morgan fingerprint density at radius 1 is 1.12 bits per heavy atom. The van der Waals surface area contributed by atoms with E-state index in [-0.39, 0.29) is 18.9 Å². The number of aliphatic hydroxyl groups excluding tert-OH is 2. The second kappa shape index (κ2) is 7.76. The summed E-state index contributed by atoms with van der Waals surface area (Å²) in [6.45, 7) is 2.34. The van der Waals surface area contributed by atoms with Gasteiger partial charge in [-0.3, -0.25) is 10.1 Å². The maximum Gasteiger partial charge on any atom is 0.272 e. The van der Waals surface area contributed by atoms with Crippen molar-refractivity contribution >= 4 is 17.1 Å². The molecule has 0 fully saturated rings. The van der Waals surface area contributed by atoms with Crippen molar-refractivity contribution in [2.45, 2.75) is 6.92 Å². The van der Waals surface area contributed by atoms with Crippen molar-refractivity contribution in [3.63, 3.8) is 0 Å². The predicted molar refractivity (Wildman–Crippen MR) is 94.1 cm³/mol. The third-order valence-corrected chi connectivity index (χ3v) is 3.86. The molecule has 24 heavy (non-hydrogen) atoms. The molecule has 0 aliphatic heterocycles. The first-order valence-corrected chi connectivity index (χ1v) is 7.59. The van der Waals surface area contributed by atoms with Gasteiger partial charge in [0.15, 0.2) is 0 Å². The second-order valence-corrected chi connectivity index (χ2v) is 5.46. The number of benzene rings is 2. The Balaban J connectivity index is 2.49. The lowest BCUT2D eigenvalue weighted by molar-refractivity contribution is -0.385. The van der Waals surface area contributed by atoms with Crippen molar-refractivity contribution in [2.75, 3.05) is 36.9 Å². The van der Waals surface area contributed by atoms with Gasteiger partial charge in [0.05, 0.1) is 18.1 Å². The number of nitrogen functional groups attached to an aromatic ring is 1. The molecule has 0 radical (unpaired) electrons. The normalized spacial score (nSPS) is 10.6. The highest BCUT2D eigenvalue weighted by molar-refractivity contribution is 5.81. The van der Waals surface area contributed by atoms with Gasteiger partial charge in [-0.2, -0.15) is 0 Å². The first-order chi connectivity index (χ1) is 11.5. The molecule has 2 aromatic carbocycles. The molecular formula is C17H21N3O4. The zero-order valence-electron chi connectivity index (χ0n) is 13.5. The van der Waals surface area contributed by atoms with Gasteiger partial charge in [-0.1, -0.05) is 12.1 Å². The smallest absolute Gasteiger partial charge is 0.272 e. The summed E-state index contributed by atoms with van der Waals surface area (Å²) < 4.78 is 0. The van der Waals surface area contributed by atoms with Gasteiger partial charge < -0.3 is 20.8 Å². The summed E-state index contributed by atoms with van der Waals surface area (Å²) in [7, 11) is 0. The Kier molecular flexibility index (Phi) is 5.73. The Bertz CT molecular complexity index is 728. The van der Waals surface area contributed by atoms with Gasteiger partial charge in [0.25, 0.3) is 5.69 Å². The molecule has 0 saturated carbocycles. The summed E-state index contributed by atoms with van der Waals surface area (Å²) in [5.74, 6) is 0. The molecule has 2 rings (SSSR count).